The van der Waals surface area contributed by atoms with Crippen LogP contribution in [0.1, 0.15) is 65.7 Å². The van der Waals surface area contributed by atoms with Crippen molar-refractivity contribution in [1.29, 1.82) is 0 Å². The van der Waals surface area contributed by atoms with Gasteiger partial charge < -0.3 is 9.47 Å². The van der Waals surface area contributed by atoms with Crippen molar-refractivity contribution >= 4 is 15.9 Å². The normalized spacial score (nSPS) is 53.5. The van der Waals surface area contributed by atoms with E-state index in [2.05, 4.69) is 29.8 Å². The molecule has 5 heteroatoms. The van der Waals surface area contributed by atoms with Gasteiger partial charge in [0.2, 0.25) is 5.79 Å². The Labute approximate surface area is 154 Å². The zero-order valence-corrected chi connectivity index (χ0v) is 16.7. The Balaban J connectivity index is 1.64. The first kappa shape index (κ1) is 17.7. The topological polar surface area (TPSA) is 36.9 Å². The molecule has 0 unspecified atom stereocenters. The summed E-state index contributed by atoms with van der Waals surface area (Å²) in [6, 6.07) is 0. The van der Waals surface area contributed by atoms with Gasteiger partial charge in [-0.15, -0.1) is 0 Å². The Morgan fingerprint density at radius 2 is 1.88 bits per heavy atom. The van der Waals surface area contributed by atoms with E-state index in [1.807, 2.05) is 6.92 Å². The Morgan fingerprint density at radius 1 is 1.04 bits per heavy atom. The van der Waals surface area contributed by atoms with Gasteiger partial charge in [-0.05, 0) is 56.8 Å². The van der Waals surface area contributed by atoms with E-state index < -0.39 is 11.4 Å². The second kappa shape index (κ2) is 6.49. The Morgan fingerprint density at radius 3 is 2.67 bits per heavy atom. The molecule has 5 fully saturated rings. The number of ether oxygens (including phenoxy) is 2. The highest BCUT2D eigenvalue weighted by atomic mass is 79.9. The maximum atomic E-state index is 6.56. The van der Waals surface area contributed by atoms with Crippen LogP contribution >= 0.6 is 15.9 Å². The van der Waals surface area contributed by atoms with Crippen LogP contribution in [0.25, 0.3) is 0 Å². The van der Waals surface area contributed by atoms with Crippen molar-refractivity contribution in [2.24, 2.45) is 23.7 Å². The van der Waals surface area contributed by atoms with E-state index in [0.29, 0.717) is 23.7 Å². The molecule has 5 aliphatic rings. The second-order valence-electron chi connectivity index (χ2n) is 8.63. The second-order valence-corrected chi connectivity index (χ2v) is 9.42. The molecule has 4 saturated heterocycles. The van der Waals surface area contributed by atoms with Gasteiger partial charge in [0.25, 0.3) is 0 Å². The molecule has 1 spiro atoms. The molecule has 1 aliphatic carbocycles. The van der Waals surface area contributed by atoms with Crippen molar-refractivity contribution in [1.82, 2.24) is 0 Å². The van der Waals surface area contributed by atoms with Gasteiger partial charge in [-0.2, -0.15) is 0 Å². The Hall–Kier alpha value is 0.320. The van der Waals surface area contributed by atoms with E-state index in [-0.39, 0.29) is 12.4 Å². The third-order valence-corrected chi connectivity index (χ3v) is 7.73. The lowest BCUT2D eigenvalue weighted by Gasteiger charge is -2.60. The van der Waals surface area contributed by atoms with Crippen LogP contribution in [0, 0.1) is 23.7 Å². The summed E-state index contributed by atoms with van der Waals surface area (Å²) in [7, 11) is 0. The van der Waals surface area contributed by atoms with Gasteiger partial charge in [-0.1, -0.05) is 36.2 Å². The Kier molecular flexibility index (Phi) is 4.79. The summed E-state index contributed by atoms with van der Waals surface area (Å²) in [5.74, 6) is 1.40. The van der Waals surface area contributed by atoms with Gasteiger partial charge in [0.1, 0.15) is 0 Å². The molecule has 24 heavy (non-hydrogen) atoms. The van der Waals surface area contributed by atoms with E-state index in [1.54, 1.807) is 0 Å². The maximum Gasteiger partial charge on any atom is 0.201 e. The molecule has 1 saturated carbocycles. The molecule has 0 aromatic heterocycles. The van der Waals surface area contributed by atoms with Crippen LogP contribution in [-0.2, 0) is 19.2 Å². The SMILES string of the molecule is C[C@H]1[C@@H](CCCCBr)O[C@@H]2O[C@@]3(C)CC[C@H]4[C@H](C)CC[C@@H]1[C@@]24OO3. The van der Waals surface area contributed by atoms with Crippen LogP contribution in [-0.4, -0.2) is 29.1 Å². The van der Waals surface area contributed by atoms with E-state index in [1.165, 1.54) is 25.7 Å². The predicted octanol–water partition coefficient (Wildman–Crippen LogP) is 4.80. The van der Waals surface area contributed by atoms with Crippen molar-refractivity contribution in [2.75, 3.05) is 5.33 Å². The lowest BCUT2D eigenvalue weighted by atomic mass is 9.57. The summed E-state index contributed by atoms with van der Waals surface area (Å²) in [5.41, 5.74) is -0.404. The van der Waals surface area contributed by atoms with Crippen LogP contribution in [0.2, 0.25) is 0 Å². The maximum absolute atomic E-state index is 6.56. The molecule has 8 atom stereocenters. The third-order valence-electron chi connectivity index (χ3n) is 7.17. The van der Waals surface area contributed by atoms with Crippen LogP contribution in [0.4, 0.5) is 0 Å². The van der Waals surface area contributed by atoms with Crippen molar-refractivity contribution < 1.29 is 19.2 Å². The van der Waals surface area contributed by atoms with Crippen LogP contribution in [0.15, 0.2) is 0 Å². The quantitative estimate of drug-likeness (QED) is 0.384. The van der Waals surface area contributed by atoms with Crippen molar-refractivity contribution in [3.8, 4) is 0 Å². The standard InChI is InChI=1S/C19H31BrO4/c1-12-7-8-15-13(2)16(6-4-5-11-20)21-17-19(15)14(12)9-10-18(3,22-17)23-24-19/h12-17H,4-11H2,1-3H3/t12-,13-,14+,15+,16-,17-,18-,19-/m1/s1. The van der Waals surface area contributed by atoms with E-state index in [4.69, 9.17) is 19.2 Å². The zero-order chi connectivity index (χ0) is 16.9. The summed E-state index contributed by atoms with van der Waals surface area (Å²) < 4.78 is 12.9. The van der Waals surface area contributed by atoms with Crippen molar-refractivity contribution in [3.63, 3.8) is 0 Å². The molecule has 4 nitrogen and oxygen atoms in total. The zero-order valence-electron chi connectivity index (χ0n) is 15.1. The largest absolute Gasteiger partial charge is 0.346 e. The third kappa shape index (κ3) is 2.61. The average molecular weight is 403 g/mol. The molecule has 0 aromatic carbocycles. The molecule has 0 amide bonds. The lowest BCUT2D eigenvalue weighted by molar-refractivity contribution is -0.571. The molecule has 0 aromatic rings. The Bertz CT molecular complexity index is 474. The summed E-state index contributed by atoms with van der Waals surface area (Å²) in [4.78, 5) is 12.0. The van der Waals surface area contributed by atoms with Gasteiger partial charge in [0.15, 0.2) is 11.9 Å². The molecular formula is C19H31BrO4. The first-order valence-electron chi connectivity index (χ1n) is 9.76. The van der Waals surface area contributed by atoms with Crippen molar-refractivity contribution in [2.45, 2.75) is 89.5 Å². The molecule has 2 bridgehead atoms. The van der Waals surface area contributed by atoms with Gasteiger partial charge in [-0.25, -0.2) is 9.78 Å². The number of halogens is 1. The van der Waals surface area contributed by atoms with Crippen LogP contribution in [0.3, 0.4) is 0 Å². The van der Waals surface area contributed by atoms with Crippen LogP contribution < -0.4 is 0 Å². The summed E-state index contributed by atoms with van der Waals surface area (Å²) in [6.07, 6.45) is 7.96. The van der Waals surface area contributed by atoms with E-state index >= 15 is 0 Å². The molecule has 138 valence electrons. The monoisotopic (exact) mass is 402 g/mol. The number of unbranched alkanes of at least 4 members (excludes halogenated alkanes) is 1. The highest BCUT2D eigenvalue weighted by Gasteiger charge is 2.69. The minimum Gasteiger partial charge on any atom is -0.346 e. The smallest absolute Gasteiger partial charge is 0.201 e. The minimum absolute atomic E-state index is 0.269. The first-order valence-corrected chi connectivity index (χ1v) is 10.9. The lowest BCUT2D eigenvalue weighted by Crippen LogP contribution is -2.70. The van der Waals surface area contributed by atoms with Gasteiger partial charge in [-0.3, -0.25) is 0 Å². The summed E-state index contributed by atoms with van der Waals surface area (Å²) in [6.45, 7) is 6.71. The average Bonchev–Trinajstić information content (AvgIpc) is 2.78. The fourth-order valence-corrected chi connectivity index (χ4v) is 6.15. The minimum atomic E-state index is -0.654. The highest BCUT2D eigenvalue weighted by molar-refractivity contribution is 9.09. The fraction of sp³-hybridized carbons (Fsp3) is 1.00. The van der Waals surface area contributed by atoms with E-state index in [0.717, 1.165) is 24.6 Å². The van der Waals surface area contributed by atoms with Gasteiger partial charge in [0, 0.05) is 17.7 Å². The summed E-state index contributed by atoms with van der Waals surface area (Å²) >= 11 is 3.53. The molecule has 4 heterocycles. The molecule has 5 rings (SSSR count). The van der Waals surface area contributed by atoms with Gasteiger partial charge >= 0.3 is 0 Å². The van der Waals surface area contributed by atoms with Crippen molar-refractivity contribution in [3.05, 3.63) is 0 Å². The highest BCUT2D eigenvalue weighted by Crippen LogP contribution is 2.60. The van der Waals surface area contributed by atoms with E-state index in [9.17, 15) is 0 Å². The molecule has 4 aliphatic heterocycles. The number of alkyl halides is 1. The number of fused-ring (bicyclic) bond motifs is 2. The number of rotatable bonds is 4. The molecule has 0 radical (unpaired) electrons. The summed E-state index contributed by atoms with van der Waals surface area (Å²) in [5, 5.41) is 1.07. The van der Waals surface area contributed by atoms with Crippen LogP contribution in [0.5, 0.6) is 0 Å². The number of hydrogen-bond donors (Lipinski definition) is 0. The van der Waals surface area contributed by atoms with Gasteiger partial charge in [0.05, 0.1) is 6.10 Å². The fourth-order valence-electron chi connectivity index (χ4n) is 5.75. The molecular weight excluding hydrogens is 372 g/mol. The first-order chi connectivity index (χ1) is 11.5. The number of hydrogen-bond acceptors (Lipinski definition) is 4. The predicted molar refractivity (Wildman–Crippen MR) is 94.5 cm³/mol. The molecule has 0 N–H and O–H groups in total.